The molecule has 18 heteroatoms. The molecular formula is C24H35N9O9. The summed E-state index contributed by atoms with van der Waals surface area (Å²) in [6.07, 6.45) is -3.18. The van der Waals surface area contributed by atoms with Crippen LogP contribution in [0.2, 0.25) is 0 Å². The first-order valence-electron chi connectivity index (χ1n) is 13.9. The maximum atomic E-state index is 13.9. The highest BCUT2D eigenvalue weighted by atomic mass is 16.8. The zero-order valence-electron chi connectivity index (χ0n) is 23.8. The van der Waals surface area contributed by atoms with Crippen LogP contribution in [0.3, 0.4) is 0 Å². The van der Waals surface area contributed by atoms with Gasteiger partial charge in [-0.2, -0.15) is 0 Å². The Morgan fingerprint density at radius 1 is 0.857 bits per heavy atom. The van der Waals surface area contributed by atoms with Crippen molar-refractivity contribution in [2.24, 2.45) is 15.3 Å². The molecule has 0 aromatic carbocycles. The molecule has 1 spiro atoms. The molecular weight excluding hydrogens is 558 g/mol. The first-order valence-corrected chi connectivity index (χ1v) is 13.9. The van der Waals surface area contributed by atoms with E-state index in [-0.39, 0.29) is 13.0 Å². The van der Waals surface area contributed by atoms with E-state index in [0.717, 1.165) is 19.3 Å². The van der Waals surface area contributed by atoms with Crippen LogP contribution in [-0.4, -0.2) is 98.9 Å². The van der Waals surface area contributed by atoms with Crippen molar-refractivity contribution < 1.29 is 42.7 Å². The molecule has 42 heavy (non-hydrogen) atoms. The normalized spacial score (nSPS) is 44.2. The molecule has 3 saturated heterocycles. The molecule has 5 rings (SSSR count). The van der Waals surface area contributed by atoms with Gasteiger partial charge in [-0.1, -0.05) is 21.8 Å². The predicted molar refractivity (Wildman–Crippen MR) is 139 cm³/mol. The van der Waals surface area contributed by atoms with Crippen LogP contribution in [-0.2, 0) is 42.7 Å². The molecule has 2 saturated carbocycles. The van der Waals surface area contributed by atoms with Gasteiger partial charge in [-0.3, -0.25) is 4.79 Å². The molecule has 5 aliphatic rings. The third-order valence-electron chi connectivity index (χ3n) is 9.00. The molecule has 2 aliphatic carbocycles. The summed E-state index contributed by atoms with van der Waals surface area (Å²) < 4.78 is 48.7. The Kier molecular flexibility index (Phi) is 8.86. The highest BCUT2D eigenvalue weighted by Crippen LogP contribution is 2.48. The van der Waals surface area contributed by atoms with E-state index in [0.29, 0.717) is 12.8 Å². The second-order valence-electron chi connectivity index (χ2n) is 11.3. The number of fused-ring (bicyclic) bond motifs is 2. The number of azide groups is 3. The molecule has 0 bridgehead atoms. The molecule has 11 atom stereocenters. The standard InChI is InChI=1S/C24H35N9O9/c1-22(35-3)23(2,36-4)40-19-15(34)21(37-14(11-28-31-25)18(19)39-22)38-16-12(29-32-26)10-13(30-33-27)17-20(16)42-24(41-17)8-6-5-7-9-24/h12-14,16-21H,5-11H2,1-4H3/t12-,13+,14+,16+,17-,18+,19+,20-,21+,22-,23-/m0/s1. The van der Waals surface area contributed by atoms with Crippen LogP contribution < -0.4 is 0 Å². The number of nitrogens with zero attached hydrogens (tertiary/aromatic N) is 9. The highest BCUT2D eigenvalue weighted by molar-refractivity contribution is 5.88. The average molecular weight is 594 g/mol. The second kappa shape index (κ2) is 12.1. The molecule has 5 fully saturated rings. The predicted octanol–water partition coefficient (Wildman–Crippen LogP) is 3.69. The quantitative estimate of drug-likeness (QED) is 0.226. The van der Waals surface area contributed by atoms with Gasteiger partial charge >= 0.3 is 0 Å². The Balaban J connectivity index is 1.47. The first kappa shape index (κ1) is 30.7. The summed E-state index contributed by atoms with van der Waals surface area (Å²) in [7, 11) is 2.80. The van der Waals surface area contributed by atoms with Gasteiger partial charge in [-0.05, 0) is 49.7 Å². The zero-order chi connectivity index (χ0) is 30.1. The van der Waals surface area contributed by atoms with Gasteiger partial charge in [0.2, 0.25) is 23.6 Å². The van der Waals surface area contributed by atoms with E-state index >= 15 is 0 Å². The third kappa shape index (κ3) is 5.29. The molecule has 0 N–H and O–H groups in total. The maximum absolute atomic E-state index is 13.9. The molecule has 0 amide bonds. The lowest BCUT2D eigenvalue weighted by Crippen LogP contribution is -2.72. The molecule has 3 heterocycles. The van der Waals surface area contributed by atoms with Gasteiger partial charge in [0, 0.05) is 41.8 Å². The molecule has 3 aliphatic heterocycles. The molecule has 0 unspecified atom stereocenters. The minimum Gasteiger partial charge on any atom is -0.349 e. The number of rotatable bonds is 8. The van der Waals surface area contributed by atoms with Crippen LogP contribution in [0.4, 0.5) is 0 Å². The van der Waals surface area contributed by atoms with Gasteiger partial charge in [0.1, 0.15) is 12.2 Å². The van der Waals surface area contributed by atoms with Crippen LogP contribution in [0.15, 0.2) is 15.3 Å². The van der Waals surface area contributed by atoms with E-state index in [9.17, 15) is 15.9 Å². The zero-order valence-corrected chi connectivity index (χ0v) is 23.8. The molecule has 230 valence electrons. The summed E-state index contributed by atoms with van der Waals surface area (Å²) in [5.74, 6) is -4.48. The molecule has 0 radical (unpaired) electrons. The number of carbonyl (C=O) groups is 1. The van der Waals surface area contributed by atoms with Crippen LogP contribution in [0.1, 0.15) is 52.4 Å². The Morgan fingerprint density at radius 2 is 1.50 bits per heavy atom. The number of hydrogen-bond donors (Lipinski definition) is 0. The van der Waals surface area contributed by atoms with Crippen molar-refractivity contribution in [2.45, 2.75) is 125 Å². The Bertz CT molecular complexity index is 1190. The summed E-state index contributed by atoms with van der Waals surface area (Å²) in [6, 6.07) is -1.57. The first-order chi connectivity index (χ1) is 20.2. The number of methoxy groups -OCH3 is 2. The lowest BCUT2D eigenvalue weighted by atomic mass is 9.84. The largest absolute Gasteiger partial charge is 0.349 e. The van der Waals surface area contributed by atoms with E-state index in [1.807, 2.05) is 0 Å². The second-order valence-corrected chi connectivity index (χ2v) is 11.3. The maximum Gasteiger partial charge on any atom is 0.221 e. The van der Waals surface area contributed by atoms with Crippen molar-refractivity contribution in [3.63, 3.8) is 0 Å². The lowest BCUT2D eigenvalue weighted by Gasteiger charge is -2.55. The SMILES string of the molecule is CO[C@@]1(C)O[C@H]2[C@H](O[C@]1(C)OC)C(=O)[C@@H](O[C@H]1[C@@H]3OC4(CCCCC4)O[C@H]3[C@H](N=[N+]=[N-])C[C@@H]1N=[N+]=[N-])O[C@@H]2CN=[N+]=[N-]. The van der Waals surface area contributed by atoms with Gasteiger partial charge in [0.05, 0.1) is 36.9 Å². The number of ketones is 1. The lowest BCUT2D eigenvalue weighted by molar-refractivity contribution is -0.456. The van der Waals surface area contributed by atoms with E-state index in [1.165, 1.54) is 14.2 Å². The van der Waals surface area contributed by atoms with Crippen LogP contribution in [0.5, 0.6) is 0 Å². The van der Waals surface area contributed by atoms with Crippen LogP contribution in [0.25, 0.3) is 31.3 Å². The van der Waals surface area contributed by atoms with Crippen LogP contribution in [0, 0.1) is 0 Å². The van der Waals surface area contributed by atoms with Gasteiger partial charge in [0.25, 0.3) is 0 Å². The van der Waals surface area contributed by atoms with Gasteiger partial charge in [-0.25, -0.2) is 0 Å². The summed E-state index contributed by atoms with van der Waals surface area (Å²) in [5.41, 5.74) is 27.6. The highest BCUT2D eigenvalue weighted by Gasteiger charge is 2.64. The fourth-order valence-electron chi connectivity index (χ4n) is 6.54. The molecule has 18 nitrogen and oxygen atoms in total. The Morgan fingerprint density at radius 3 is 2.14 bits per heavy atom. The van der Waals surface area contributed by atoms with E-state index in [2.05, 4.69) is 30.1 Å². The topological polar surface area (TPSA) is 237 Å². The third-order valence-corrected chi connectivity index (χ3v) is 9.00. The van der Waals surface area contributed by atoms with E-state index in [4.69, 9.17) is 43.4 Å². The number of Topliss-reactive ketones (excluding diaryl/α,β-unsaturated/α-hetero) is 1. The number of ether oxygens (including phenoxy) is 8. The van der Waals surface area contributed by atoms with E-state index < -0.39 is 78.1 Å². The molecule has 0 aromatic rings. The van der Waals surface area contributed by atoms with Crippen LogP contribution >= 0.6 is 0 Å². The fraction of sp³-hybridized carbons (Fsp3) is 0.958. The Hall–Kier alpha value is -2.72. The average Bonchev–Trinajstić information content (AvgIpc) is 3.35. The van der Waals surface area contributed by atoms with Crippen molar-refractivity contribution in [1.29, 1.82) is 0 Å². The Labute approximate surface area is 241 Å². The summed E-state index contributed by atoms with van der Waals surface area (Å²) >= 11 is 0. The van der Waals surface area contributed by atoms with Crippen molar-refractivity contribution in [1.82, 2.24) is 0 Å². The number of hydrogen-bond acceptors (Lipinski definition) is 12. The summed E-state index contributed by atoms with van der Waals surface area (Å²) in [4.78, 5) is 22.6. The fourth-order valence-corrected chi connectivity index (χ4v) is 6.54. The van der Waals surface area contributed by atoms with Gasteiger partial charge in [-0.15, -0.1) is 0 Å². The minimum atomic E-state index is -1.55. The van der Waals surface area contributed by atoms with Crippen molar-refractivity contribution in [2.75, 3.05) is 20.8 Å². The summed E-state index contributed by atoms with van der Waals surface area (Å²) in [5, 5.41) is 11.5. The summed E-state index contributed by atoms with van der Waals surface area (Å²) in [6.45, 7) is 2.95. The monoisotopic (exact) mass is 593 g/mol. The van der Waals surface area contributed by atoms with Crippen molar-refractivity contribution in [3.8, 4) is 0 Å². The minimum absolute atomic E-state index is 0.0993. The number of carbonyl (C=O) groups excluding carboxylic acids is 1. The van der Waals surface area contributed by atoms with Crippen molar-refractivity contribution in [3.05, 3.63) is 31.3 Å². The van der Waals surface area contributed by atoms with Gasteiger partial charge < -0.3 is 37.9 Å². The molecule has 0 aromatic heterocycles. The smallest absolute Gasteiger partial charge is 0.221 e. The van der Waals surface area contributed by atoms with Crippen molar-refractivity contribution >= 4 is 5.78 Å². The van der Waals surface area contributed by atoms with Gasteiger partial charge in [0.15, 0.2) is 11.9 Å². The van der Waals surface area contributed by atoms with E-state index in [1.54, 1.807) is 13.8 Å².